The molecule has 12 heteroatoms. The number of rotatable bonds is 5. The standard InChI is InChI=1S/C14H25NO11.C2H6/c1-4(18)15-7-9(20)12(6(3-17)24-13(7)23)26-14-11(22)10(21)8(19)5(2-16)25-14;1-2/h5-14,16-17,19-23H,2-3H2,1H3,(H,15,18);1-2H3/t5?,6?,7?,8-,9+,10-,11?,12+,13?,14-;/m0./s1. The molecule has 0 aromatic rings. The Morgan fingerprint density at radius 2 is 1.46 bits per heavy atom. The van der Waals surface area contributed by atoms with Gasteiger partial charge in [0.2, 0.25) is 5.91 Å². The fraction of sp³-hybridized carbons (Fsp3) is 0.938. The van der Waals surface area contributed by atoms with Crippen LogP contribution >= 0.6 is 0 Å². The number of carbonyl (C=O) groups excluding carboxylic acids is 1. The third-order valence-electron chi connectivity index (χ3n) is 4.38. The maximum Gasteiger partial charge on any atom is 0.217 e. The van der Waals surface area contributed by atoms with Crippen LogP contribution in [0.2, 0.25) is 0 Å². The molecule has 0 radical (unpaired) electrons. The van der Waals surface area contributed by atoms with Crippen molar-refractivity contribution in [3.05, 3.63) is 0 Å². The van der Waals surface area contributed by atoms with Crippen LogP contribution in [0.4, 0.5) is 0 Å². The van der Waals surface area contributed by atoms with E-state index in [9.17, 15) is 40.5 Å². The van der Waals surface area contributed by atoms with Crippen molar-refractivity contribution in [2.24, 2.45) is 0 Å². The van der Waals surface area contributed by atoms with Crippen LogP contribution in [0.15, 0.2) is 0 Å². The van der Waals surface area contributed by atoms with Gasteiger partial charge in [0.15, 0.2) is 12.6 Å². The molecule has 2 heterocycles. The van der Waals surface area contributed by atoms with Gasteiger partial charge in [0.05, 0.1) is 13.2 Å². The molecule has 1 amide bonds. The molecule has 0 aromatic heterocycles. The van der Waals surface area contributed by atoms with Gasteiger partial charge in [-0.15, -0.1) is 0 Å². The van der Waals surface area contributed by atoms with E-state index in [0.717, 1.165) is 6.92 Å². The molecular weight excluding hydrogens is 382 g/mol. The molecule has 2 saturated heterocycles. The Bertz CT molecular complexity index is 480. The predicted molar refractivity (Wildman–Crippen MR) is 91.6 cm³/mol. The molecule has 166 valence electrons. The average molecular weight is 413 g/mol. The molecule has 2 aliphatic rings. The molecule has 2 aliphatic heterocycles. The molecule has 10 atom stereocenters. The van der Waals surface area contributed by atoms with E-state index >= 15 is 0 Å². The summed E-state index contributed by atoms with van der Waals surface area (Å²) in [5.41, 5.74) is 0. The van der Waals surface area contributed by atoms with Gasteiger partial charge in [0, 0.05) is 6.92 Å². The van der Waals surface area contributed by atoms with Crippen molar-refractivity contribution >= 4 is 5.91 Å². The number of hydrogen-bond donors (Lipinski definition) is 8. The van der Waals surface area contributed by atoms with Crippen molar-refractivity contribution in [1.82, 2.24) is 5.32 Å². The second kappa shape index (κ2) is 11.3. The third kappa shape index (κ3) is 5.57. The topological polar surface area (TPSA) is 198 Å². The summed E-state index contributed by atoms with van der Waals surface area (Å²) in [7, 11) is 0. The van der Waals surface area contributed by atoms with Crippen LogP contribution in [-0.2, 0) is 19.0 Å². The smallest absolute Gasteiger partial charge is 0.217 e. The number of aliphatic hydroxyl groups is 7. The Labute approximate surface area is 162 Å². The number of hydrogen-bond acceptors (Lipinski definition) is 11. The molecule has 2 rings (SSSR count). The highest BCUT2D eigenvalue weighted by molar-refractivity contribution is 5.73. The summed E-state index contributed by atoms with van der Waals surface area (Å²) in [6, 6.07) is -1.29. The fourth-order valence-electron chi connectivity index (χ4n) is 2.98. The summed E-state index contributed by atoms with van der Waals surface area (Å²) in [5, 5.41) is 70.7. The van der Waals surface area contributed by atoms with Crippen LogP contribution in [-0.4, -0.2) is 116 Å². The monoisotopic (exact) mass is 413 g/mol. The summed E-state index contributed by atoms with van der Waals surface area (Å²) in [4.78, 5) is 11.2. The number of nitrogens with one attached hydrogen (secondary N) is 1. The number of aliphatic hydroxyl groups excluding tert-OH is 7. The van der Waals surface area contributed by atoms with Crippen LogP contribution in [0.5, 0.6) is 0 Å². The highest BCUT2D eigenvalue weighted by atomic mass is 16.7. The van der Waals surface area contributed by atoms with Gasteiger partial charge in [-0.3, -0.25) is 4.79 Å². The maximum atomic E-state index is 11.2. The Morgan fingerprint density at radius 3 is 1.96 bits per heavy atom. The molecule has 8 N–H and O–H groups in total. The van der Waals surface area contributed by atoms with E-state index in [0.29, 0.717) is 0 Å². The lowest BCUT2D eigenvalue weighted by Gasteiger charge is -2.46. The van der Waals surface area contributed by atoms with Gasteiger partial charge < -0.3 is 55.3 Å². The van der Waals surface area contributed by atoms with Crippen LogP contribution in [0.3, 0.4) is 0 Å². The lowest BCUT2D eigenvalue weighted by Crippen LogP contribution is -2.67. The molecule has 0 aliphatic carbocycles. The molecule has 5 unspecified atom stereocenters. The molecule has 0 spiro atoms. The zero-order valence-electron chi connectivity index (χ0n) is 16.0. The van der Waals surface area contributed by atoms with Crippen molar-refractivity contribution in [2.45, 2.75) is 82.1 Å². The van der Waals surface area contributed by atoms with Crippen LogP contribution in [0.25, 0.3) is 0 Å². The van der Waals surface area contributed by atoms with Crippen molar-refractivity contribution in [1.29, 1.82) is 0 Å². The van der Waals surface area contributed by atoms with Crippen LogP contribution in [0, 0.1) is 0 Å². The lowest BCUT2D eigenvalue weighted by atomic mass is 9.95. The largest absolute Gasteiger partial charge is 0.394 e. The predicted octanol–water partition coefficient (Wildman–Crippen LogP) is -4.23. The van der Waals surface area contributed by atoms with E-state index in [2.05, 4.69) is 5.32 Å². The first-order chi connectivity index (χ1) is 13.2. The van der Waals surface area contributed by atoms with Gasteiger partial charge in [-0.05, 0) is 0 Å². The van der Waals surface area contributed by atoms with E-state index in [-0.39, 0.29) is 0 Å². The molecular formula is C16H31NO11. The molecule has 0 saturated carbocycles. The van der Waals surface area contributed by atoms with E-state index in [1.165, 1.54) is 0 Å². The van der Waals surface area contributed by atoms with E-state index in [4.69, 9.17) is 14.2 Å². The minimum Gasteiger partial charge on any atom is -0.394 e. The maximum absolute atomic E-state index is 11.2. The summed E-state index contributed by atoms with van der Waals surface area (Å²) in [6.45, 7) is 3.80. The second-order valence-corrected chi connectivity index (χ2v) is 6.26. The van der Waals surface area contributed by atoms with Gasteiger partial charge in [0.25, 0.3) is 0 Å². The van der Waals surface area contributed by atoms with Crippen LogP contribution in [0.1, 0.15) is 20.8 Å². The Kier molecular flexibility index (Phi) is 10.1. The summed E-state index contributed by atoms with van der Waals surface area (Å²) >= 11 is 0. The first kappa shape index (κ1) is 25.1. The molecule has 28 heavy (non-hydrogen) atoms. The minimum absolute atomic E-state index is 0.564. The Morgan fingerprint density at radius 1 is 0.893 bits per heavy atom. The second-order valence-electron chi connectivity index (χ2n) is 6.26. The summed E-state index contributed by atoms with van der Waals surface area (Å²) in [6.07, 6.45) is -13.6. The SMILES string of the molecule is CC.CC(=O)NC1C(O)OC(CO)[C@@H](O[C@@H]2OC(CO)[C@H](O)[C@H](O)C2O)[C@@H]1O. The van der Waals surface area contributed by atoms with E-state index in [1.807, 2.05) is 13.8 Å². The number of carbonyl (C=O) groups is 1. The van der Waals surface area contributed by atoms with E-state index in [1.54, 1.807) is 0 Å². The Balaban J connectivity index is 0.00000190. The molecule has 2 fully saturated rings. The van der Waals surface area contributed by atoms with Gasteiger partial charge in [0.1, 0.15) is 48.8 Å². The van der Waals surface area contributed by atoms with Gasteiger partial charge in [-0.1, -0.05) is 13.8 Å². The zero-order chi connectivity index (χ0) is 21.6. The van der Waals surface area contributed by atoms with Crippen molar-refractivity contribution < 1.29 is 54.8 Å². The fourth-order valence-corrected chi connectivity index (χ4v) is 2.98. The number of amides is 1. The van der Waals surface area contributed by atoms with Crippen LogP contribution < -0.4 is 5.32 Å². The van der Waals surface area contributed by atoms with Gasteiger partial charge in [-0.25, -0.2) is 0 Å². The zero-order valence-corrected chi connectivity index (χ0v) is 16.0. The molecule has 0 bridgehead atoms. The van der Waals surface area contributed by atoms with Crippen molar-refractivity contribution in [3.63, 3.8) is 0 Å². The first-order valence-corrected chi connectivity index (χ1v) is 9.06. The van der Waals surface area contributed by atoms with Crippen molar-refractivity contribution in [2.75, 3.05) is 13.2 Å². The molecule has 0 aromatic carbocycles. The average Bonchev–Trinajstić information content (AvgIpc) is 2.68. The summed E-state index contributed by atoms with van der Waals surface area (Å²) in [5.74, 6) is -0.564. The van der Waals surface area contributed by atoms with Crippen molar-refractivity contribution in [3.8, 4) is 0 Å². The first-order valence-electron chi connectivity index (χ1n) is 9.06. The van der Waals surface area contributed by atoms with E-state index < -0.39 is 80.5 Å². The highest BCUT2D eigenvalue weighted by Gasteiger charge is 2.50. The normalized spacial score (nSPS) is 43.6. The van der Waals surface area contributed by atoms with Gasteiger partial charge in [-0.2, -0.15) is 0 Å². The quantitative estimate of drug-likeness (QED) is 0.217. The minimum atomic E-state index is -1.73. The molecule has 12 nitrogen and oxygen atoms in total. The van der Waals surface area contributed by atoms with Gasteiger partial charge >= 0.3 is 0 Å². The third-order valence-corrected chi connectivity index (χ3v) is 4.38. The number of ether oxygens (including phenoxy) is 3. The highest BCUT2D eigenvalue weighted by Crippen LogP contribution is 2.28. The lowest BCUT2D eigenvalue weighted by molar-refractivity contribution is -0.345. The Hall–Kier alpha value is -0.930. The summed E-state index contributed by atoms with van der Waals surface area (Å²) < 4.78 is 15.7.